The van der Waals surface area contributed by atoms with E-state index in [9.17, 15) is 0 Å². The van der Waals surface area contributed by atoms with Gasteiger partial charge in [0.25, 0.3) is 0 Å². The summed E-state index contributed by atoms with van der Waals surface area (Å²) in [5.74, 6) is 1.14. The molecule has 0 unspecified atom stereocenters. The Morgan fingerprint density at radius 1 is 1.29 bits per heavy atom. The first-order valence-corrected chi connectivity index (χ1v) is 5.82. The van der Waals surface area contributed by atoms with E-state index >= 15 is 0 Å². The van der Waals surface area contributed by atoms with Crippen molar-refractivity contribution in [2.75, 3.05) is 0 Å². The van der Waals surface area contributed by atoms with E-state index < -0.39 is 0 Å². The van der Waals surface area contributed by atoms with Crippen molar-refractivity contribution in [2.24, 2.45) is 0 Å². The summed E-state index contributed by atoms with van der Waals surface area (Å²) >= 11 is 9.48. The van der Waals surface area contributed by atoms with Gasteiger partial charge in [0.2, 0.25) is 0 Å². The Morgan fingerprint density at radius 3 is 3.00 bits per heavy atom. The molecule has 1 aromatic heterocycles. The molecule has 14 heavy (non-hydrogen) atoms. The predicted octanol–water partition coefficient (Wildman–Crippen LogP) is 4.34. The van der Waals surface area contributed by atoms with Gasteiger partial charge < -0.3 is 4.42 Å². The molecule has 72 valence electrons. The van der Waals surface area contributed by atoms with Crippen LogP contribution in [0, 0.1) is 0 Å². The second-order valence-electron chi connectivity index (χ2n) is 3.62. The van der Waals surface area contributed by atoms with Gasteiger partial charge in [-0.15, -0.1) is 0 Å². The molecule has 0 N–H and O–H groups in total. The van der Waals surface area contributed by atoms with Gasteiger partial charge in [0.15, 0.2) is 0 Å². The lowest BCUT2D eigenvalue weighted by atomic mass is 10.1. The predicted molar refractivity (Wildman–Crippen MR) is 60.9 cm³/mol. The fourth-order valence-corrected chi connectivity index (χ4v) is 3.02. The third kappa shape index (κ3) is 1.14. The molecule has 0 fully saturated rings. The second kappa shape index (κ2) is 3.01. The molecule has 0 spiro atoms. The first kappa shape index (κ1) is 8.81. The van der Waals surface area contributed by atoms with Gasteiger partial charge in [0.1, 0.15) is 11.3 Å². The van der Waals surface area contributed by atoms with Crippen LogP contribution in [-0.4, -0.2) is 0 Å². The maximum absolute atomic E-state index is 6.01. The number of fused-ring (bicyclic) bond motifs is 3. The molecule has 0 aliphatic heterocycles. The van der Waals surface area contributed by atoms with Gasteiger partial charge in [-0.2, -0.15) is 0 Å². The quantitative estimate of drug-likeness (QED) is 0.695. The minimum Gasteiger partial charge on any atom is -0.460 e. The number of benzene rings is 1. The molecule has 1 nitrogen and oxygen atoms in total. The zero-order chi connectivity index (χ0) is 9.71. The molecule has 3 rings (SSSR count). The molecule has 3 heteroatoms. The number of hydrogen-bond acceptors (Lipinski definition) is 1. The molecule has 0 amide bonds. The van der Waals surface area contributed by atoms with Crippen molar-refractivity contribution >= 4 is 38.5 Å². The van der Waals surface area contributed by atoms with Gasteiger partial charge in [-0.3, -0.25) is 0 Å². The molecule has 0 atom stereocenters. The third-order valence-electron chi connectivity index (χ3n) is 2.73. The molecule has 0 saturated carbocycles. The lowest BCUT2D eigenvalue weighted by Gasteiger charge is -1.96. The molecular formula is C11H8BrClO. The van der Waals surface area contributed by atoms with E-state index in [1.165, 1.54) is 17.4 Å². The summed E-state index contributed by atoms with van der Waals surface area (Å²) in [6, 6.07) is 3.87. The number of halogens is 2. The summed E-state index contributed by atoms with van der Waals surface area (Å²) in [5, 5.41) is 1.94. The van der Waals surface area contributed by atoms with Crippen LogP contribution in [0.1, 0.15) is 17.7 Å². The Labute approximate surface area is 95.2 Å². The number of rotatable bonds is 0. The van der Waals surface area contributed by atoms with E-state index in [4.69, 9.17) is 16.0 Å². The molecule has 1 aromatic carbocycles. The Kier molecular flexibility index (Phi) is 1.89. The zero-order valence-corrected chi connectivity index (χ0v) is 9.78. The van der Waals surface area contributed by atoms with Crippen molar-refractivity contribution < 1.29 is 4.42 Å². The normalized spacial score (nSPS) is 15.0. The largest absolute Gasteiger partial charge is 0.460 e. The van der Waals surface area contributed by atoms with Gasteiger partial charge in [0, 0.05) is 22.4 Å². The van der Waals surface area contributed by atoms with Crippen molar-refractivity contribution in [1.82, 2.24) is 0 Å². The second-order valence-corrected chi connectivity index (χ2v) is 4.91. The van der Waals surface area contributed by atoms with Gasteiger partial charge in [-0.25, -0.2) is 0 Å². The van der Waals surface area contributed by atoms with Gasteiger partial charge in [-0.1, -0.05) is 11.6 Å². The minimum atomic E-state index is 0.764. The van der Waals surface area contributed by atoms with Gasteiger partial charge >= 0.3 is 0 Å². The maximum atomic E-state index is 6.01. The lowest BCUT2D eigenvalue weighted by Crippen LogP contribution is -1.76. The van der Waals surface area contributed by atoms with Crippen LogP contribution in [0.3, 0.4) is 0 Å². The summed E-state index contributed by atoms with van der Waals surface area (Å²) < 4.78 is 6.74. The van der Waals surface area contributed by atoms with Crippen molar-refractivity contribution in [3.63, 3.8) is 0 Å². The Balaban J connectivity index is 2.43. The van der Waals surface area contributed by atoms with Crippen LogP contribution >= 0.6 is 27.5 Å². The fraction of sp³-hybridized carbons (Fsp3) is 0.273. The van der Waals surface area contributed by atoms with Crippen LogP contribution in [0.25, 0.3) is 11.0 Å². The molecule has 2 aromatic rings. The zero-order valence-electron chi connectivity index (χ0n) is 7.44. The lowest BCUT2D eigenvalue weighted by molar-refractivity contribution is 0.555. The fourth-order valence-electron chi connectivity index (χ4n) is 2.12. The van der Waals surface area contributed by atoms with Crippen LogP contribution in [-0.2, 0) is 12.8 Å². The Bertz CT molecular complexity index is 515. The van der Waals surface area contributed by atoms with Gasteiger partial charge in [-0.05, 0) is 40.9 Å². The molecule has 1 aliphatic carbocycles. The van der Waals surface area contributed by atoms with Crippen molar-refractivity contribution in [3.8, 4) is 0 Å². The molecule has 1 aliphatic rings. The summed E-state index contributed by atoms with van der Waals surface area (Å²) in [5.41, 5.74) is 2.29. The molecule has 1 heterocycles. The summed E-state index contributed by atoms with van der Waals surface area (Å²) in [6.07, 6.45) is 3.39. The van der Waals surface area contributed by atoms with E-state index in [1.54, 1.807) is 0 Å². The SMILES string of the molecule is Clc1cc(Br)c2oc3c(c2c1)CCC3. The number of furan rings is 1. The highest BCUT2D eigenvalue weighted by molar-refractivity contribution is 9.10. The van der Waals surface area contributed by atoms with Crippen molar-refractivity contribution in [3.05, 3.63) is 33.0 Å². The highest BCUT2D eigenvalue weighted by Gasteiger charge is 2.20. The van der Waals surface area contributed by atoms with Gasteiger partial charge in [0.05, 0.1) is 4.47 Å². The highest BCUT2D eigenvalue weighted by Crippen LogP contribution is 2.38. The smallest absolute Gasteiger partial charge is 0.148 e. The molecule has 0 bridgehead atoms. The average Bonchev–Trinajstić information content (AvgIpc) is 2.65. The van der Waals surface area contributed by atoms with Crippen LogP contribution in [0.5, 0.6) is 0 Å². The molecule has 0 saturated heterocycles. The van der Waals surface area contributed by atoms with Crippen LogP contribution in [0.2, 0.25) is 5.02 Å². The topological polar surface area (TPSA) is 13.1 Å². The van der Waals surface area contributed by atoms with Crippen LogP contribution in [0.4, 0.5) is 0 Å². The minimum absolute atomic E-state index is 0.764. The van der Waals surface area contributed by atoms with Crippen molar-refractivity contribution in [2.45, 2.75) is 19.3 Å². The molecular weight excluding hydrogens is 263 g/mol. The van der Waals surface area contributed by atoms with Crippen molar-refractivity contribution in [1.29, 1.82) is 0 Å². The Morgan fingerprint density at radius 2 is 2.14 bits per heavy atom. The summed E-state index contributed by atoms with van der Waals surface area (Å²) in [7, 11) is 0. The van der Waals surface area contributed by atoms with E-state index in [2.05, 4.69) is 15.9 Å². The Hall–Kier alpha value is -0.470. The monoisotopic (exact) mass is 270 g/mol. The first-order valence-electron chi connectivity index (χ1n) is 4.65. The van der Waals surface area contributed by atoms with E-state index in [0.717, 1.165) is 33.7 Å². The third-order valence-corrected chi connectivity index (χ3v) is 3.53. The van der Waals surface area contributed by atoms with Crippen LogP contribution in [0.15, 0.2) is 21.0 Å². The summed E-state index contributed by atoms with van der Waals surface area (Å²) in [6.45, 7) is 0. The van der Waals surface area contributed by atoms with E-state index in [1.807, 2.05) is 12.1 Å². The average molecular weight is 272 g/mol. The first-order chi connectivity index (χ1) is 6.75. The number of aryl methyl sites for hydroxylation is 2. The standard InChI is InChI=1S/C11H8BrClO/c12-9-5-6(13)4-8-7-2-1-3-10(7)14-11(8)9/h4-5H,1-3H2. The maximum Gasteiger partial charge on any atom is 0.148 e. The molecule has 0 radical (unpaired) electrons. The van der Waals surface area contributed by atoms with E-state index in [0.29, 0.717) is 0 Å². The number of hydrogen-bond donors (Lipinski definition) is 0. The van der Waals surface area contributed by atoms with E-state index in [-0.39, 0.29) is 0 Å². The van der Waals surface area contributed by atoms with Crippen LogP contribution < -0.4 is 0 Å². The summed E-state index contributed by atoms with van der Waals surface area (Å²) in [4.78, 5) is 0. The highest BCUT2D eigenvalue weighted by atomic mass is 79.9.